The van der Waals surface area contributed by atoms with Gasteiger partial charge in [0.15, 0.2) is 11.6 Å². The van der Waals surface area contributed by atoms with Gasteiger partial charge < -0.3 is 35.0 Å². The van der Waals surface area contributed by atoms with E-state index in [1.54, 1.807) is 12.1 Å². The van der Waals surface area contributed by atoms with Crippen LogP contribution in [-0.2, 0) is 11.2 Å². The molecule has 4 aliphatic rings. The van der Waals surface area contributed by atoms with Crippen molar-refractivity contribution in [3.05, 3.63) is 88.7 Å². The van der Waals surface area contributed by atoms with Crippen molar-refractivity contribution in [3.8, 4) is 5.75 Å². The van der Waals surface area contributed by atoms with Crippen LogP contribution >= 0.6 is 0 Å². The Balaban J connectivity index is 1.24. The highest BCUT2D eigenvalue weighted by Gasteiger charge is 2.48. The fourth-order valence-corrected chi connectivity index (χ4v) is 7.25. The second-order valence-electron chi connectivity index (χ2n) is 12.2. The van der Waals surface area contributed by atoms with E-state index in [2.05, 4.69) is 24.3 Å². The number of carbonyl (C=O) groups excluding carboxylic acids is 2. The second kappa shape index (κ2) is 12.3. The second-order valence-corrected chi connectivity index (χ2v) is 12.2. The standard InChI is InChI=1S/C34H38O9/c35-17-26-30(38)32(40)33(41)34(43-26)42-25-12-6-11-22-28(25)31(39)27-23(29(22)37)15-19(16-24(27)36)14-21-10-5-4-9-20(21)13-18-7-2-1-3-8-18/h1-3,6-8,11-12,15-16,20-21,23,26-27,30,32-36,38,40-41H,4-5,9-10,13-14,17H2/t20-,21-,23+,26-,27+,30-,32+,33-,34-/m1/s1. The third-order valence-corrected chi connectivity index (χ3v) is 9.52. The van der Waals surface area contributed by atoms with Gasteiger partial charge in [-0.2, -0.15) is 0 Å². The molecule has 9 nitrogen and oxygen atoms in total. The lowest BCUT2D eigenvalue weighted by molar-refractivity contribution is -0.277. The number of ether oxygens (including phenoxy) is 2. The molecule has 1 aliphatic heterocycles. The quantitative estimate of drug-likeness (QED) is 0.327. The molecule has 1 saturated heterocycles. The maximum Gasteiger partial charge on any atom is 0.229 e. The highest BCUT2D eigenvalue weighted by atomic mass is 16.7. The average molecular weight is 591 g/mol. The van der Waals surface area contributed by atoms with Gasteiger partial charge in [-0.05, 0) is 60.8 Å². The van der Waals surface area contributed by atoms with Gasteiger partial charge >= 0.3 is 0 Å². The van der Waals surface area contributed by atoms with Crippen molar-refractivity contribution in [1.82, 2.24) is 0 Å². The fourth-order valence-electron chi connectivity index (χ4n) is 7.25. The van der Waals surface area contributed by atoms with Crippen LogP contribution in [0, 0.1) is 23.7 Å². The van der Waals surface area contributed by atoms with Crippen molar-refractivity contribution >= 4 is 11.6 Å². The molecule has 0 unspecified atom stereocenters. The summed E-state index contributed by atoms with van der Waals surface area (Å²) in [6.07, 6.45) is 2.09. The number of rotatable bonds is 7. The van der Waals surface area contributed by atoms with Gasteiger partial charge in [0.05, 0.1) is 24.0 Å². The summed E-state index contributed by atoms with van der Waals surface area (Å²) in [5, 5.41) is 51.4. The first-order valence-electron chi connectivity index (χ1n) is 15.1. The lowest BCUT2D eigenvalue weighted by Crippen LogP contribution is -2.60. The van der Waals surface area contributed by atoms with Crippen LogP contribution in [0.3, 0.4) is 0 Å². The van der Waals surface area contributed by atoms with E-state index in [9.17, 15) is 35.1 Å². The zero-order valence-electron chi connectivity index (χ0n) is 23.8. The zero-order valence-corrected chi connectivity index (χ0v) is 23.8. The molecule has 0 amide bonds. The van der Waals surface area contributed by atoms with Gasteiger partial charge in [-0.1, -0.05) is 61.4 Å². The van der Waals surface area contributed by atoms with Crippen molar-refractivity contribution in [3.63, 3.8) is 0 Å². The molecule has 0 aromatic heterocycles. The van der Waals surface area contributed by atoms with Gasteiger partial charge in [0, 0.05) is 5.56 Å². The third-order valence-electron chi connectivity index (χ3n) is 9.52. The molecule has 6 rings (SSSR count). The number of aliphatic hydroxyl groups excluding tert-OH is 5. The molecule has 2 aromatic rings. The first-order chi connectivity index (χ1) is 20.8. The molecule has 43 heavy (non-hydrogen) atoms. The Kier molecular flexibility index (Phi) is 8.53. The van der Waals surface area contributed by atoms with E-state index in [0.717, 1.165) is 37.7 Å². The van der Waals surface area contributed by atoms with Gasteiger partial charge in [-0.25, -0.2) is 0 Å². The van der Waals surface area contributed by atoms with Crippen molar-refractivity contribution in [1.29, 1.82) is 0 Å². The van der Waals surface area contributed by atoms with Gasteiger partial charge in [-0.3, -0.25) is 9.59 Å². The largest absolute Gasteiger partial charge is 0.511 e. The minimum absolute atomic E-state index is 0.0438. The highest BCUT2D eigenvalue weighted by Crippen LogP contribution is 2.44. The van der Waals surface area contributed by atoms with Crippen molar-refractivity contribution in [2.75, 3.05) is 6.61 Å². The molecule has 2 fully saturated rings. The number of fused-ring (bicyclic) bond motifs is 2. The SMILES string of the molecule is O=C1c2c(O[C@@H]3O[C@H](CO)[C@@H](O)[C@H](O)[C@H]3O)cccc2C(=O)[C@H]2C=C(C[C@H]3CCCC[C@@H]3Cc3ccccc3)C=C(O)[C@@H]12. The molecule has 0 bridgehead atoms. The Morgan fingerprint density at radius 3 is 2.28 bits per heavy atom. The zero-order chi connectivity index (χ0) is 30.2. The van der Waals surface area contributed by atoms with Gasteiger partial charge in [0.25, 0.3) is 0 Å². The summed E-state index contributed by atoms with van der Waals surface area (Å²) in [4.78, 5) is 27.7. The molecular formula is C34H38O9. The molecule has 9 atom stereocenters. The Hall–Kier alpha value is -3.34. The van der Waals surface area contributed by atoms with Crippen molar-refractivity contribution in [2.24, 2.45) is 23.7 Å². The molecule has 228 valence electrons. The normalized spacial score (nSPS) is 34.1. The third kappa shape index (κ3) is 5.68. The van der Waals surface area contributed by atoms with E-state index < -0.39 is 54.9 Å². The molecule has 3 aliphatic carbocycles. The number of Topliss-reactive ketones (excluding diaryl/α,β-unsaturated/α-hetero) is 2. The summed E-state index contributed by atoms with van der Waals surface area (Å²) in [5.74, 6) is -2.09. The minimum Gasteiger partial charge on any atom is -0.511 e. The summed E-state index contributed by atoms with van der Waals surface area (Å²) in [6, 6.07) is 15.0. The maximum atomic E-state index is 13.8. The van der Waals surface area contributed by atoms with E-state index in [4.69, 9.17) is 9.47 Å². The molecule has 5 N–H and O–H groups in total. The average Bonchev–Trinajstić information content (AvgIpc) is 3.01. The van der Waals surface area contributed by atoms with E-state index in [1.807, 2.05) is 12.1 Å². The summed E-state index contributed by atoms with van der Waals surface area (Å²) in [6.45, 7) is -0.639. The van der Waals surface area contributed by atoms with Crippen LogP contribution in [0.1, 0.15) is 58.4 Å². The van der Waals surface area contributed by atoms with Crippen LogP contribution in [0.25, 0.3) is 0 Å². The molecular weight excluding hydrogens is 552 g/mol. The monoisotopic (exact) mass is 590 g/mol. The molecule has 9 heteroatoms. The van der Waals surface area contributed by atoms with E-state index in [-0.39, 0.29) is 28.4 Å². The lowest BCUT2D eigenvalue weighted by atomic mass is 9.68. The van der Waals surface area contributed by atoms with E-state index >= 15 is 0 Å². The van der Waals surface area contributed by atoms with Crippen LogP contribution in [0.4, 0.5) is 0 Å². The fraction of sp³-hybridized carbons (Fsp3) is 0.471. The summed E-state index contributed by atoms with van der Waals surface area (Å²) < 4.78 is 11.2. The molecule has 0 spiro atoms. The van der Waals surface area contributed by atoms with E-state index in [0.29, 0.717) is 11.8 Å². The first-order valence-corrected chi connectivity index (χ1v) is 15.1. The topological polar surface area (TPSA) is 154 Å². The predicted molar refractivity (Wildman–Crippen MR) is 155 cm³/mol. The van der Waals surface area contributed by atoms with Crippen LogP contribution in [0.15, 0.2) is 72.0 Å². The number of carbonyl (C=O) groups is 2. The molecule has 2 aromatic carbocycles. The summed E-state index contributed by atoms with van der Waals surface area (Å²) in [5.41, 5.74) is 2.26. The molecule has 0 radical (unpaired) electrons. The minimum atomic E-state index is -1.69. The maximum absolute atomic E-state index is 13.8. The Bertz CT molecular complexity index is 1410. The van der Waals surface area contributed by atoms with Crippen molar-refractivity contribution < 1.29 is 44.6 Å². The molecule has 1 heterocycles. The first kappa shape index (κ1) is 29.7. The highest BCUT2D eigenvalue weighted by molar-refractivity contribution is 6.19. The summed E-state index contributed by atoms with van der Waals surface area (Å²) >= 11 is 0. The predicted octanol–water partition coefficient (Wildman–Crippen LogP) is 3.30. The smallest absolute Gasteiger partial charge is 0.229 e. The Morgan fingerprint density at radius 2 is 1.56 bits per heavy atom. The van der Waals surface area contributed by atoms with Gasteiger partial charge in [-0.15, -0.1) is 0 Å². The Labute approximate surface area is 250 Å². The van der Waals surface area contributed by atoms with Crippen LogP contribution in [0.2, 0.25) is 0 Å². The number of ketones is 2. The number of aliphatic hydroxyl groups is 5. The van der Waals surface area contributed by atoms with Crippen LogP contribution in [-0.4, -0.2) is 74.4 Å². The van der Waals surface area contributed by atoms with Gasteiger partial charge in [0.2, 0.25) is 6.29 Å². The van der Waals surface area contributed by atoms with Gasteiger partial charge in [0.1, 0.15) is 35.9 Å². The number of hydrogen-bond donors (Lipinski definition) is 5. The summed E-state index contributed by atoms with van der Waals surface area (Å²) in [7, 11) is 0. The van der Waals surface area contributed by atoms with Crippen LogP contribution in [0.5, 0.6) is 5.75 Å². The lowest BCUT2D eigenvalue weighted by Gasteiger charge is -2.40. The van der Waals surface area contributed by atoms with Crippen LogP contribution < -0.4 is 4.74 Å². The number of hydrogen-bond acceptors (Lipinski definition) is 9. The Morgan fingerprint density at radius 1 is 0.837 bits per heavy atom. The number of benzene rings is 2. The number of allylic oxidation sites excluding steroid dienone is 4. The molecule has 1 saturated carbocycles. The van der Waals surface area contributed by atoms with E-state index in [1.165, 1.54) is 24.1 Å². The van der Waals surface area contributed by atoms with Crippen molar-refractivity contribution in [2.45, 2.75) is 69.2 Å².